The number of pyridine rings is 2. The molecule has 0 saturated heterocycles. The van der Waals surface area contributed by atoms with Crippen LogP contribution in [-0.2, 0) is 23.2 Å². The lowest BCUT2D eigenvalue weighted by Gasteiger charge is -2.31. The van der Waals surface area contributed by atoms with Crippen LogP contribution < -0.4 is 11.1 Å². The first kappa shape index (κ1) is 19.2. The Labute approximate surface area is 163 Å². The van der Waals surface area contributed by atoms with Crippen molar-refractivity contribution in [1.29, 1.82) is 0 Å². The molecule has 5 nitrogen and oxygen atoms in total. The highest BCUT2D eigenvalue weighted by molar-refractivity contribution is 7.12. The minimum atomic E-state index is -0.892. The van der Waals surface area contributed by atoms with Gasteiger partial charge in [-0.05, 0) is 61.6 Å². The van der Waals surface area contributed by atoms with E-state index in [-0.39, 0.29) is 5.91 Å². The maximum absolute atomic E-state index is 12.6. The molecule has 0 aliphatic heterocycles. The summed E-state index contributed by atoms with van der Waals surface area (Å²) in [5, 5.41) is 3.47. The zero-order valence-electron chi connectivity index (χ0n) is 15.4. The van der Waals surface area contributed by atoms with E-state index in [0.717, 1.165) is 27.3 Å². The molecule has 0 spiro atoms. The van der Waals surface area contributed by atoms with Crippen molar-refractivity contribution in [2.24, 2.45) is 5.73 Å². The normalized spacial score (nSPS) is 13.2. The van der Waals surface area contributed by atoms with Crippen LogP contribution in [0.5, 0.6) is 0 Å². The number of amides is 1. The molecule has 0 bridgehead atoms. The Morgan fingerprint density at radius 1 is 1.07 bits per heavy atom. The fraction of sp³-hybridized carbons (Fsp3) is 0.286. The largest absolute Gasteiger partial charge is 0.368 e. The van der Waals surface area contributed by atoms with E-state index >= 15 is 0 Å². The highest BCUT2D eigenvalue weighted by Crippen LogP contribution is 2.32. The summed E-state index contributed by atoms with van der Waals surface area (Å²) in [6.07, 6.45) is 9.26. The topological polar surface area (TPSA) is 80.9 Å². The number of hydrogen-bond acceptors (Lipinski definition) is 5. The fourth-order valence-electron chi connectivity index (χ4n) is 3.14. The molecule has 140 valence electrons. The number of thiophene rings is 1. The van der Waals surface area contributed by atoms with Crippen LogP contribution >= 0.6 is 11.3 Å². The molecule has 0 aliphatic carbocycles. The first-order valence-electron chi connectivity index (χ1n) is 9.00. The Morgan fingerprint density at radius 3 is 2.26 bits per heavy atom. The minimum absolute atomic E-state index is 0.348. The van der Waals surface area contributed by atoms with Crippen molar-refractivity contribution in [2.45, 2.75) is 31.7 Å². The molecule has 3 aromatic heterocycles. The third kappa shape index (κ3) is 4.78. The van der Waals surface area contributed by atoms with E-state index in [0.29, 0.717) is 19.4 Å². The van der Waals surface area contributed by atoms with Crippen LogP contribution in [0, 0.1) is 6.92 Å². The second-order valence-electron chi connectivity index (χ2n) is 6.58. The Hall–Kier alpha value is -2.57. The van der Waals surface area contributed by atoms with Crippen molar-refractivity contribution in [1.82, 2.24) is 15.3 Å². The molecule has 0 fully saturated rings. The third-order valence-corrected chi connectivity index (χ3v) is 5.82. The minimum Gasteiger partial charge on any atom is -0.368 e. The van der Waals surface area contributed by atoms with Crippen LogP contribution in [-0.4, -0.2) is 22.4 Å². The maximum Gasteiger partial charge on any atom is 0.243 e. The van der Waals surface area contributed by atoms with Gasteiger partial charge in [-0.1, -0.05) is 12.1 Å². The van der Waals surface area contributed by atoms with Crippen LogP contribution in [0.1, 0.15) is 27.3 Å². The number of nitrogens with zero attached hydrogens (tertiary/aromatic N) is 2. The predicted molar refractivity (Wildman–Crippen MR) is 108 cm³/mol. The summed E-state index contributed by atoms with van der Waals surface area (Å²) in [5.41, 5.74) is 7.25. The standard InChI is InChI=1S/C21H24N4OS/c1-16-6-7-19(27-16)21(20(22)26,10-8-17-4-2-11-23-14-17)25-13-9-18-5-3-12-24-15-18/h2-7,11-12,14-15,25H,8-10,13H2,1H3,(H2,22,26). The highest BCUT2D eigenvalue weighted by atomic mass is 32.1. The number of primary amides is 1. The highest BCUT2D eigenvalue weighted by Gasteiger charge is 2.39. The number of hydrogen-bond donors (Lipinski definition) is 2. The lowest BCUT2D eigenvalue weighted by atomic mass is 9.88. The lowest BCUT2D eigenvalue weighted by Crippen LogP contribution is -2.53. The van der Waals surface area contributed by atoms with Crippen molar-refractivity contribution >= 4 is 17.2 Å². The van der Waals surface area contributed by atoms with Gasteiger partial charge in [0.25, 0.3) is 0 Å². The molecule has 0 aliphatic rings. The molecular formula is C21H24N4OS. The summed E-state index contributed by atoms with van der Waals surface area (Å²) in [4.78, 5) is 23.1. The molecular weight excluding hydrogens is 356 g/mol. The van der Waals surface area contributed by atoms with Crippen molar-refractivity contribution in [2.75, 3.05) is 6.54 Å². The maximum atomic E-state index is 12.6. The molecule has 3 N–H and O–H groups in total. The number of rotatable bonds is 9. The smallest absolute Gasteiger partial charge is 0.243 e. The first-order chi connectivity index (χ1) is 13.1. The van der Waals surface area contributed by atoms with E-state index in [1.54, 1.807) is 23.7 Å². The molecule has 1 atom stereocenters. The molecule has 3 heterocycles. The van der Waals surface area contributed by atoms with Crippen LogP contribution in [0.15, 0.2) is 61.2 Å². The van der Waals surface area contributed by atoms with E-state index < -0.39 is 5.54 Å². The summed E-state index contributed by atoms with van der Waals surface area (Å²) in [7, 11) is 0. The van der Waals surface area contributed by atoms with E-state index in [4.69, 9.17) is 5.73 Å². The second kappa shape index (κ2) is 8.88. The summed E-state index contributed by atoms with van der Waals surface area (Å²) >= 11 is 1.61. The third-order valence-electron chi connectivity index (χ3n) is 4.66. The molecule has 0 aromatic carbocycles. The summed E-state index contributed by atoms with van der Waals surface area (Å²) in [6, 6.07) is 11.9. The van der Waals surface area contributed by atoms with E-state index in [1.807, 2.05) is 55.7 Å². The van der Waals surface area contributed by atoms with Gasteiger partial charge in [0.2, 0.25) is 5.91 Å². The average molecular weight is 381 g/mol. The van der Waals surface area contributed by atoms with Crippen molar-refractivity contribution in [3.05, 3.63) is 82.1 Å². The molecule has 1 amide bonds. The quantitative estimate of drug-likeness (QED) is 0.598. The molecule has 1 unspecified atom stereocenters. The van der Waals surface area contributed by atoms with E-state index in [1.165, 1.54) is 0 Å². The van der Waals surface area contributed by atoms with Gasteiger partial charge in [0, 0.05) is 41.1 Å². The molecule has 0 radical (unpaired) electrons. The number of nitrogens with one attached hydrogen (secondary N) is 1. The summed E-state index contributed by atoms with van der Waals surface area (Å²) < 4.78 is 0. The van der Waals surface area contributed by atoms with Crippen molar-refractivity contribution < 1.29 is 4.79 Å². The van der Waals surface area contributed by atoms with E-state index in [9.17, 15) is 4.79 Å². The lowest BCUT2D eigenvalue weighted by molar-refractivity contribution is -0.125. The van der Waals surface area contributed by atoms with Crippen LogP contribution in [0.25, 0.3) is 0 Å². The van der Waals surface area contributed by atoms with Crippen molar-refractivity contribution in [3.8, 4) is 0 Å². The van der Waals surface area contributed by atoms with Crippen molar-refractivity contribution in [3.63, 3.8) is 0 Å². The number of carbonyl (C=O) groups is 1. The zero-order valence-corrected chi connectivity index (χ0v) is 16.2. The molecule has 3 rings (SSSR count). The SMILES string of the molecule is Cc1ccc(C(CCc2cccnc2)(NCCc2cccnc2)C(N)=O)s1. The number of nitrogens with two attached hydrogens (primary N) is 1. The Morgan fingerprint density at radius 2 is 1.74 bits per heavy atom. The van der Waals surface area contributed by atoms with Gasteiger partial charge in [-0.25, -0.2) is 0 Å². The molecule has 0 saturated carbocycles. The fourth-order valence-corrected chi connectivity index (χ4v) is 4.21. The number of aromatic nitrogens is 2. The summed E-state index contributed by atoms with van der Waals surface area (Å²) in [6.45, 7) is 2.68. The van der Waals surface area contributed by atoms with Crippen LogP contribution in [0.2, 0.25) is 0 Å². The zero-order chi connectivity index (χ0) is 19.1. The number of carbonyl (C=O) groups excluding carboxylic acids is 1. The van der Waals surface area contributed by atoms with Gasteiger partial charge < -0.3 is 5.73 Å². The Bertz CT molecular complexity index is 866. The Balaban J connectivity index is 1.80. The van der Waals surface area contributed by atoms with Gasteiger partial charge in [0.15, 0.2) is 0 Å². The molecule has 6 heteroatoms. The van der Waals surface area contributed by atoms with Crippen LogP contribution in [0.4, 0.5) is 0 Å². The van der Waals surface area contributed by atoms with Gasteiger partial charge >= 0.3 is 0 Å². The van der Waals surface area contributed by atoms with Gasteiger partial charge in [-0.3, -0.25) is 20.1 Å². The van der Waals surface area contributed by atoms with Crippen LogP contribution in [0.3, 0.4) is 0 Å². The summed E-state index contributed by atoms with van der Waals surface area (Å²) in [5.74, 6) is -0.348. The molecule has 3 aromatic rings. The van der Waals surface area contributed by atoms with Gasteiger partial charge in [0.05, 0.1) is 0 Å². The first-order valence-corrected chi connectivity index (χ1v) is 9.81. The van der Waals surface area contributed by atoms with E-state index in [2.05, 4.69) is 15.3 Å². The average Bonchev–Trinajstić information content (AvgIpc) is 3.12. The van der Waals surface area contributed by atoms with Gasteiger partial charge in [0.1, 0.15) is 5.54 Å². The Kier molecular flexibility index (Phi) is 6.32. The van der Waals surface area contributed by atoms with Gasteiger partial charge in [-0.2, -0.15) is 0 Å². The van der Waals surface area contributed by atoms with Gasteiger partial charge in [-0.15, -0.1) is 11.3 Å². The second-order valence-corrected chi connectivity index (χ2v) is 7.87. The monoisotopic (exact) mass is 380 g/mol. The predicted octanol–water partition coefficient (Wildman–Crippen LogP) is 2.99. The number of aryl methyl sites for hydroxylation is 2. The molecule has 27 heavy (non-hydrogen) atoms.